The lowest BCUT2D eigenvalue weighted by molar-refractivity contribution is -0.958. The van der Waals surface area contributed by atoms with Crippen LogP contribution < -0.4 is 19.9 Å². The maximum absolute atomic E-state index is 12.3. The second kappa shape index (κ2) is 8.49. The topological polar surface area (TPSA) is 47.2 Å². The highest BCUT2D eigenvalue weighted by molar-refractivity contribution is 5.92. The van der Waals surface area contributed by atoms with Gasteiger partial charge in [-0.25, -0.2) is 0 Å². The number of amides is 1. The highest BCUT2D eigenvalue weighted by atomic mass is 16.5. The zero-order valence-corrected chi connectivity index (χ0v) is 14.8. The number of carbonyl (C=O) groups is 1. The molecule has 0 aliphatic carbocycles. The fraction of sp³-hybridized carbons (Fsp3) is 0.632. The van der Waals surface area contributed by atoms with Gasteiger partial charge in [0.1, 0.15) is 5.75 Å². The number of anilines is 1. The van der Waals surface area contributed by atoms with Crippen LogP contribution in [0.5, 0.6) is 5.75 Å². The van der Waals surface area contributed by atoms with Gasteiger partial charge in [-0.3, -0.25) is 4.79 Å². The summed E-state index contributed by atoms with van der Waals surface area (Å²) in [5, 5.41) is 2.99. The van der Waals surface area contributed by atoms with E-state index in [1.165, 1.54) is 50.1 Å². The second-order valence-electron chi connectivity index (χ2n) is 7.17. The van der Waals surface area contributed by atoms with Crippen LogP contribution in [0.1, 0.15) is 32.1 Å². The number of methoxy groups -OCH3 is 1. The summed E-state index contributed by atoms with van der Waals surface area (Å²) in [5.74, 6) is 0.798. The molecule has 2 aliphatic rings. The van der Waals surface area contributed by atoms with Crippen molar-refractivity contribution in [2.75, 3.05) is 45.2 Å². The Bertz CT molecular complexity index is 535. The zero-order valence-electron chi connectivity index (χ0n) is 14.8. The molecule has 5 nitrogen and oxygen atoms in total. The van der Waals surface area contributed by atoms with E-state index in [-0.39, 0.29) is 5.91 Å². The summed E-state index contributed by atoms with van der Waals surface area (Å²) < 4.78 is 5.29. The second-order valence-corrected chi connectivity index (χ2v) is 7.17. The van der Waals surface area contributed by atoms with Gasteiger partial charge in [0.05, 0.1) is 45.0 Å². The zero-order chi connectivity index (χ0) is 16.8. The minimum atomic E-state index is 0.0817. The summed E-state index contributed by atoms with van der Waals surface area (Å²) in [6.07, 6.45) is 6.71. The summed E-state index contributed by atoms with van der Waals surface area (Å²) in [5.41, 5.74) is 0.761. The molecular weight excluding hydrogens is 302 g/mol. The lowest BCUT2D eigenvalue weighted by atomic mass is 10.00. The first-order chi connectivity index (χ1) is 11.8. The van der Waals surface area contributed by atoms with Crippen molar-refractivity contribution >= 4 is 11.6 Å². The molecular formula is C19H31N3O2+2. The van der Waals surface area contributed by atoms with Crippen molar-refractivity contribution in [3.8, 4) is 5.75 Å². The molecule has 0 aromatic heterocycles. The van der Waals surface area contributed by atoms with Crippen molar-refractivity contribution in [1.82, 2.24) is 0 Å². The van der Waals surface area contributed by atoms with Gasteiger partial charge in [-0.2, -0.15) is 0 Å². The number of benzene rings is 1. The number of carbonyl (C=O) groups excluding carboxylic acids is 1. The van der Waals surface area contributed by atoms with Crippen LogP contribution in [0.15, 0.2) is 24.3 Å². The minimum absolute atomic E-state index is 0.0817. The maximum Gasteiger partial charge on any atom is 0.279 e. The van der Waals surface area contributed by atoms with E-state index in [2.05, 4.69) is 5.32 Å². The standard InChI is InChI=1S/C19H29N3O2/c1-24-18-8-4-3-7-17(18)20-19(23)15-21-13-9-16(10-14-21)22-11-5-2-6-12-22/h3-4,7-8,16H,2,5-6,9-15H2,1H3,(H,20,23)/p+2. The van der Waals surface area contributed by atoms with E-state index in [1.54, 1.807) is 7.11 Å². The van der Waals surface area contributed by atoms with Gasteiger partial charge in [-0.1, -0.05) is 12.1 Å². The van der Waals surface area contributed by atoms with E-state index in [0.717, 1.165) is 24.8 Å². The average Bonchev–Trinajstić information content (AvgIpc) is 2.63. The first kappa shape index (κ1) is 17.2. The Morgan fingerprint density at radius 3 is 2.54 bits per heavy atom. The maximum atomic E-state index is 12.3. The van der Waals surface area contributed by atoms with Crippen molar-refractivity contribution in [2.45, 2.75) is 38.1 Å². The van der Waals surface area contributed by atoms with Crippen LogP contribution in [-0.4, -0.2) is 51.8 Å². The molecule has 0 atom stereocenters. The molecule has 0 saturated carbocycles. The van der Waals surface area contributed by atoms with Crippen LogP contribution in [-0.2, 0) is 4.79 Å². The highest BCUT2D eigenvalue weighted by Crippen LogP contribution is 2.22. The normalized spacial score (nSPS) is 25.2. The third-order valence-corrected chi connectivity index (χ3v) is 5.56. The quantitative estimate of drug-likeness (QED) is 0.696. The fourth-order valence-corrected chi connectivity index (χ4v) is 4.19. The van der Waals surface area contributed by atoms with Gasteiger partial charge < -0.3 is 19.9 Å². The molecule has 0 radical (unpaired) electrons. The summed E-state index contributed by atoms with van der Waals surface area (Å²) in [4.78, 5) is 15.6. The van der Waals surface area contributed by atoms with Gasteiger partial charge in [0.2, 0.25) is 0 Å². The van der Waals surface area contributed by atoms with Crippen LogP contribution in [0.3, 0.4) is 0 Å². The van der Waals surface area contributed by atoms with Crippen LogP contribution in [0.25, 0.3) is 0 Å². The van der Waals surface area contributed by atoms with E-state index < -0.39 is 0 Å². The first-order valence-electron chi connectivity index (χ1n) is 9.37. The molecule has 0 spiro atoms. The Balaban J connectivity index is 1.44. The van der Waals surface area contributed by atoms with Gasteiger partial charge in [0.25, 0.3) is 5.91 Å². The van der Waals surface area contributed by atoms with Gasteiger partial charge in [-0.15, -0.1) is 0 Å². The summed E-state index contributed by atoms with van der Waals surface area (Å²) >= 11 is 0. The van der Waals surface area contributed by atoms with Crippen LogP contribution in [0, 0.1) is 0 Å². The Kier molecular flexibility index (Phi) is 6.10. The molecule has 132 valence electrons. The molecule has 2 heterocycles. The monoisotopic (exact) mass is 333 g/mol. The van der Waals surface area contributed by atoms with E-state index in [9.17, 15) is 4.79 Å². The molecule has 3 N–H and O–H groups in total. The average molecular weight is 333 g/mol. The molecule has 1 aromatic rings. The van der Waals surface area contributed by atoms with Crippen LogP contribution >= 0.6 is 0 Å². The predicted molar refractivity (Wildman–Crippen MR) is 94.8 cm³/mol. The molecule has 1 aromatic carbocycles. The molecule has 2 saturated heterocycles. The number of piperidine rings is 2. The van der Waals surface area contributed by atoms with Crippen LogP contribution in [0.4, 0.5) is 5.69 Å². The Labute approximate surface area is 145 Å². The highest BCUT2D eigenvalue weighted by Gasteiger charge is 2.31. The van der Waals surface area contributed by atoms with Crippen LogP contribution in [0.2, 0.25) is 0 Å². The first-order valence-corrected chi connectivity index (χ1v) is 9.37. The predicted octanol–water partition coefficient (Wildman–Crippen LogP) is -0.250. The van der Waals surface area contributed by atoms with Gasteiger partial charge in [0, 0.05) is 12.8 Å². The SMILES string of the molecule is COc1ccccc1NC(=O)C[NH+]1CCC([NH+]2CCCCC2)CC1. The molecule has 2 fully saturated rings. The number of para-hydroxylation sites is 2. The Morgan fingerprint density at radius 2 is 1.83 bits per heavy atom. The van der Waals surface area contributed by atoms with Crippen molar-refractivity contribution in [1.29, 1.82) is 0 Å². The lowest BCUT2D eigenvalue weighted by Gasteiger charge is -2.35. The van der Waals surface area contributed by atoms with E-state index in [4.69, 9.17) is 4.74 Å². The molecule has 3 rings (SSSR count). The number of ether oxygens (including phenoxy) is 1. The molecule has 1 amide bonds. The summed E-state index contributed by atoms with van der Waals surface area (Å²) in [6.45, 7) is 5.50. The van der Waals surface area contributed by atoms with E-state index >= 15 is 0 Å². The van der Waals surface area contributed by atoms with E-state index in [0.29, 0.717) is 12.3 Å². The molecule has 24 heavy (non-hydrogen) atoms. The number of nitrogens with one attached hydrogen (secondary N) is 3. The third-order valence-electron chi connectivity index (χ3n) is 5.56. The fourth-order valence-electron chi connectivity index (χ4n) is 4.19. The lowest BCUT2D eigenvalue weighted by Crippen LogP contribution is -3.21. The Hall–Kier alpha value is -1.59. The van der Waals surface area contributed by atoms with Crippen molar-refractivity contribution in [3.05, 3.63) is 24.3 Å². The number of rotatable bonds is 5. The van der Waals surface area contributed by atoms with Crippen molar-refractivity contribution in [3.63, 3.8) is 0 Å². The van der Waals surface area contributed by atoms with Gasteiger partial charge >= 0.3 is 0 Å². The molecule has 2 aliphatic heterocycles. The number of likely N-dealkylation sites (tertiary alicyclic amines) is 2. The molecule has 0 unspecified atom stereocenters. The number of quaternary nitrogens is 2. The van der Waals surface area contributed by atoms with Crippen molar-refractivity contribution < 1.29 is 19.3 Å². The van der Waals surface area contributed by atoms with Gasteiger partial charge in [-0.05, 0) is 31.4 Å². The summed E-state index contributed by atoms with van der Waals surface area (Å²) in [7, 11) is 1.63. The van der Waals surface area contributed by atoms with Gasteiger partial charge in [0.15, 0.2) is 6.54 Å². The Morgan fingerprint density at radius 1 is 1.12 bits per heavy atom. The van der Waals surface area contributed by atoms with E-state index in [1.807, 2.05) is 29.2 Å². The van der Waals surface area contributed by atoms with Crippen molar-refractivity contribution in [2.24, 2.45) is 0 Å². The molecule has 0 bridgehead atoms. The smallest absolute Gasteiger partial charge is 0.279 e. The summed E-state index contributed by atoms with van der Waals surface area (Å²) in [6, 6.07) is 8.41. The number of hydrogen-bond acceptors (Lipinski definition) is 2. The molecule has 5 heteroatoms. The third kappa shape index (κ3) is 4.48. The largest absolute Gasteiger partial charge is 0.495 e. The number of hydrogen-bond donors (Lipinski definition) is 3. The minimum Gasteiger partial charge on any atom is -0.495 e.